The molecule has 0 bridgehead atoms. The van der Waals surface area contributed by atoms with Gasteiger partial charge >= 0.3 is 0 Å². The fourth-order valence-electron chi connectivity index (χ4n) is 3.78. The highest BCUT2D eigenvalue weighted by Crippen LogP contribution is 2.42. The molecule has 0 fully saturated rings. The summed E-state index contributed by atoms with van der Waals surface area (Å²) in [6.07, 6.45) is 4.08. The molecule has 2 aromatic heterocycles. The van der Waals surface area contributed by atoms with Crippen molar-refractivity contribution in [2.45, 2.75) is 12.8 Å². The average Bonchev–Trinajstić information content (AvgIpc) is 3.34. The quantitative estimate of drug-likeness (QED) is 0.400. The van der Waals surface area contributed by atoms with Gasteiger partial charge in [0, 0.05) is 47.7 Å². The second-order valence-corrected chi connectivity index (χ2v) is 8.53. The van der Waals surface area contributed by atoms with Crippen LogP contribution in [-0.2, 0) is 19.9 Å². The predicted octanol–water partition coefficient (Wildman–Crippen LogP) is 5.45. The Morgan fingerprint density at radius 2 is 1.97 bits per heavy atom. The van der Waals surface area contributed by atoms with Crippen molar-refractivity contribution in [3.63, 3.8) is 0 Å². The van der Waals surface area contributed by atoms with Crippen LogP contribution in [0.5, 0.6) is 5.75 Å². The zero-order valence-corrected chi connectivity index (χ0v) is 17.5. The number of hydrogen-bond donors (Lipinski definition) is 0. The molecular formula is C24H18F2N2O2S. The standard InChI is InChI=1S/C24H18F2N2O2S/c1-28-13-16(12-27-28)14-5-6-22-18(9-14)24-15(7-8-30-22)10-23(31-24)21(29)11-17-19(25)3-2-4-20(17)26/h2-6,9-10,12-13H,7-8,11H2,1H3. The van der Waals surface area contributed by atoms with Crippen LogP contribution in [-0.4, -0.2) is 22.2 Å². The normalized spacial score (nSPS) is 12.6. The van der Waals surface area contributed by atoms with Gasteiger partial charge in [0.05, 0.1) is 17.7 Å². The summed E-state index contributed by atoms with van der Waals surface area (Å²) < 4.78 is 35.7. The summed E-state index contributed by atoms with van der Waals surface area (Å²) in [5.74, 6) is -0.946. The molecule has 2 aromatic carbocycles. The lowest BCUT2D eigenvalue weighted by molar-refractivity contribution is 0.0994. The number of benzene rings is 2. The van der Waals surface area contributed by atoms with Crippen LogP contribution >= 0.6 is 11.3 Å². The first-order chi connectivity index (χ1) is 15.0. The van der Waals surface area contributed by atoms with Gasteiger partial charge in [-0.1, -0.05) is 12.1 Å². The second-order valence-electron chi connectivity index (χ2n) is 7.48. The van der Waals surface area contributed by atoms with Gasteiger partial charge in [-0.2, -0.15) is 5.10 Å². The van der Waals surface area contributed by atoms with Crippen molar-refractivity contribution in [1.82, 2.24) is 9.78 Å². The zero-order chi connectivity index (χ0) is 21.5. The van der Waals surface area contributed by atoms with Crippen molar-refractivity contribution < 1.29 is 18.3 Å². The van der Waals surface area contributed by atoms with Gasteiger partial charge in [-0.3, -0.25) is 9.48 Å². The van der Waals surface area contributed by atoms with Crippen LogP contribution in [0.15, 0.2) is 54.9 Å². The van der Waals surface area contributed by atoms with Crippen molar-refractivity contribution in [3.8, 4) is 27.3 Å². The molecule has 1 aliphatic rings. The zero-order valence-electron chi connectivity index (χ0n) is 16.7. The maximum Gasteiger partial charge on any atom is 0.177 e. The highest BCUT2D eigenvalue weighted by molar-refractivity contribution is 7.17. The van der Waals surface area contributed by atoms with Crippen LogP contribution in [0.1, 0.15) is 20.8 Å². The second kappa shape index (κ2) is 7.74. The van der Waals surface area contributed by atoms with Crippen LogP contribution in [0.4, 0.5) is 8.78 Å². The van der Waals surface area contributed by atoms with Gasteiger partial charge in [0.15, 0.2) is 5.78 Å². The summed E-state index contributed by atoms with van der Waals surface area (Å²) in [6.45, 7) is 0.499. The Morgan fingerprint density at radius 1 is 1.16 bits per heavy atom. The number of Topliss-reactive ketones (excluding diaryl/α,β-unsaturated/α-hetero) is 1. The first-order valence-electron chi connectivity index (χ1n) is 9.84. The third kappa shape index (κ3) is 3.65. The number of aromatic nitrogens is 2. The Morgan fingerprint density at radius 3 is 2.71 bits per heavy atom. The van der Waals surface area contributed by atoms with Gasteiger partial charge in [-0.15, -0.1) is 11.3 Å². The summed E-state index contributed by atoms with van der Waals surface area (Å²) in [7, 11) is 1.86. The molecule has 0 saturated heterocycles. The Balaban J connectivity index is 1.52. The van der Waals surface area contributed by atoms with E-state index in [0.29, 0.717) is 17.9 Å². The molecule has 0 saturated carbocycles. The molecule has 0 amide bonds. The van der Waals surface area contributed by atoms with E-state index >= 15 is 0 Å². The van der Waals surface area contributed by atoms with Crippen molar-refractivity contribution in [2.75, 3.05) is 6.61 Å². The number of ether oxygens (including phenoxy) is 1. The molecule has 3 heterocycles. The van der Waals surface area contributed by atoms with E-state index < -0.39 is 11.6 Å². The van der Waals surface area contributed by atoms with E-state index in [1.165, 1.54) is 29.5 Å². The molecule has 4 aromatic rings. The summed E-state index contributed by atoms with van der Waals surface area (Å²) in [6, 6.07) is 11.4. The van der Waals surface area contributed by atoms with Crippen LogP contribution in [0.2, 0.25) is 0 Å². The molecule has 156 valence electrons. The third-order valence-electron chi connectivity index (χ3n) is 5.37. The van der Waals surface area contributed by atoms with Crippen molar-refractivity contribution in [2.24, 2.45) is 7.05 Å². The SMILES string of the molecule is Cn1cc(-c2ccc3c(c2)-c2sc(C(=O)Cc4c(F)cccc4F)cc2CCO3)cn1. The summed E-state index contributed by atoms with van der Waals surface area (Å²) in [5, 5.41) is 4.23. The molecule has 1 aliphatic heterocycles. The molecule has 0 atom stereocenters. The minimum absolute atomic E-state index is 0.196. The van der Waals surface area contributed by atoms with E-state index in [4.69, 9.17) is 4.74 Å². The number of carbonyl (C=O) groups is 1. The molecule has 5 rings (SSSR count). The fourth-order valence-corrected chi connectivity index (χ4v) is 4.95. The number of fused-ring (bicyclic) bond motifs is 3. The van der Waals surface area contributed by atoms with Crippen LogP contribution in [0.3, 0.4) is 0 Å². The Bertz CT molecular complexity index is 1290. The lowest BCUT2D eigenvalue weighted by Gasteiger charge is -2.09. The Hall–Kier alpha value is -3.32. The molecule has 0 aliphatic carbocycles. The third-order valence-corrected chi connectivity index (χ3v) is 6.63. The number of hydrogen-bond acceptors (Lipinski definition) is 4. The smallest absolute Gasteiger partial charge is 0.177 e. The van der Waals surface area contributed by atoms with Crippen molar-refractivity contribution >= 4 is 17.1 Å². The van der Waals surface area contributed by atoms with Crippen molar-refractivity contribution in [3.05, 3.63) is 82.5 Å². The van der Waals surface area contributed by atoms with E-state index in [1.807, 2.05) is 37.5 Å². The largest absolute Gasteiger partial charge is 0.493 e. The topological polar surface area (TPSA) is 44.1 Å². The Labute approximate surface area is 181 Å². The Kier molecular flexibility index (Phi) is 4.90. The van der Waals surface area contributed by atoms with E-state index in [-0.39, 0.29) is 17.8 Å². The highest BCUT2D eigenvalue weighted by Gasteiger charge is 2.23. The van der Waals surface area contributed by atoms with Gasteiger partial charge in [0.1, 0.15) is 17.4 Å². The number of thiophene rings is 1. The molecule has 0 N–H and O–H groups in total. The van der Waals surface area contributed by atoms with E-state index in [0.717, 1.165) is 32.9 Å². The summed E-state index contributed by atoms with van der Waals surface area (Å²) >= 11 is 1.34. The number of aryl methyl sites for hydroxylation is 1. The first-order valence-corrected chi connectivity index (χ1v) is 10.7. The minimum atomic E-state index is -0.702. The summed E-state index contributed by atoms with van der Waals surface area (Å²) in [4.78, 5) is 14.3. The molecule has 0 spiro atoms. The maximum atomic E-state index is 14.0. The number of halogens is 2. The highest BCUT2D eigenvalue weighted by atomic mass is 32.1. The van der Waals surface area contributed by atoms with E-state index in [2.05, 4.69) is 5.10 Å². The molecule has 31 heavy (non-hydrogen) atoms. The number of rotatable bonds is 4. The first kappa shape index (κ1) is 19.6. The van der Waals surface area contributed by atoms with Crippen LogP contribution in [0.25, 0.3) is 21.6 Å². The monoisotopic (exact) mass is 436 g/mol. The number of nitrogens with zero attached hydrogens (tertiary/aromatic N) is 2. The molecule has 0 radical (unpaired) electrons. The maximum absolute atomic E-state index is 14.0. The average molecular weight is 436 g/mol. The van der Waals surface area contributed by atoms with E-state index in [9.17, 15) is 13.6 Å². The molecule has 7 heteroatoms. The number of carbonyl (C=O) groups excluding carboxylic acids is 1. The van der Waals surface area contributed by atoms with Gasteiger partial charge in [0.25, 0.3) is 0 Å². The van der Waals surface area contributed by atoms with Crippen LogP contribution in [0, 0.1) is 11.6 Å². The lowest BCUT2D eigenvalue weighted by Crippen LogP contribution is -2.06. The minimum Gasteiger partial charge on any atom is -0.493 e. The summed E-state index contributed by atoms with van der Waals surface area (Å²) in [5.41, 5.74) is 3.70. The van der Waals surface area contributed by atoms with Gasteiger partial charge in [-0.25, -0.2) is 8.78 Å². The molecule has 4 nitrogen and oxygen atoms in total. The van der Waals surface area contributed by atoms with E-state index in [1.54, 1.807) is 10.9 Å². The van der Waals surface area contributed by atoms with Gasteiger partial charge in [0.2, 0.25) is 0 Å². The predicted molar refractivity (Wildman–Crippen MR) is 116 cm³/mol. The molecular weight excluding hydrogens is 418 g/mol. The fraction of sp³-hybridized carbons (Fsp3) is 0.167. The lowest BCUT2D eigenvalue weighted by atomic mass is 10.0. The van der Waals surface area contributed by atoms with Crippen molar-refractivity contribution in [1.29, 1.82) is 0 Å². The number of ketones is 1. The van der Waals surface area contributed by atoms with Gasteiger partial charge in [-0.05, 0) is 41.5 Å². The van der Waals surface area contributed by atoms with Gasteiger partial charge < -0.3 is 4.74 Å². The van der Waals surface area contributed by atoms with Crippen LogP contribution < -0.4 is 4.74 Å². The molecule has 0 unspecified atom stereocenters.